The molecule has 1 aromatic carbocycles. The molecule has 1 N–H and O–H groups in total. The molecule has 1 fully saturated rings. The number of aromatic nitrogens is 3. The van der Waals surface area contributed by atoms with Crippen LogP contribution in [0.2, 0.25) is 0 Å². The van der Waals surface area contributed by atoms with Crippen LogP contribution in [0.4, 0.5) is 5.82 Å². The van der Waals surface area contributed by atoms with Gasteiger partial charge in [-0.1, -0.05) is 36.4 Å². The monoisotopic (exact) mass is 377 g/mol. The highest BCUT2D eigenvalue weighted by Gasteiger charge is 2.16. The Morgan fingerprint density at radius 3 is 2.75 bits per heavy atom. The van der Waals surface area contributed by atoms with E-state index < -0.39 is 0 Å². The number of morpholine rings is 1. The molecular weight excluding hydrogens is 354 g/mol. The van der Waals surface area contributed by atoms with Crippen molar-refractivity contribution >= 4 is 11.7 Å². The Labute approximate surface area is 164 Å². The molecular formula is C21H23N5O2. The van der Waals surface area contributed by atoms with Gasteiger partial charge in [0, 0.05) is 37.6 Å². The number of ether oxygens (including phenoxy) is 1. The van der Waals surface area contributed by atoms with Gasteiger partial charge in [0.05, 0.1) is 31.5 Å². The molecule has 1 aliphatic rings. The van der Waals surface area contributed by atoms with Crippen LogP contribution < -0.4 is 10.2 Å². The van der Waals surface area contributed by atoms with Crippen molar-refractivity contribution in [2.24, 2.45) is 0 Å². The normalized spacial score (nSPS) is 14.1. The molecule has 0 atom stereocenters. The van der Waals surface area contributed by atoms with Crippen molar-refractivity contribution in [3.63, 3.8) is 0 Å². The van der Waals surface area contributed by atoms with Crippen molar-refractivity contribution in [2.75, 3.05) is 31.2 Å². The molecule has 4 rings (SSSR count). The topological polar surface area (TPSA) is 72.3 Å². The van der Waals surface area contributed by atoms with Gasteiger partial charge in [-0.25, -0.2) is 4.98 Å². The number of carbonyl (C=O) groups is 1. The van der Waals surface area contributed by atoms with Crippen LogP contribution in [0.15, 0.2) is 61.1 Å². The van der Waals surface area contributed by atoms with E-state index in [-0.39, 0.29) is 5.91 Å². The molecule has 1 aliphatic heterocycles. The summed E-state index contributed by atoms with van der Waals surface area (Å²) in [5.41, 5.74) is 2.69. The summed E-state index contributed by atoms with van der Waals surface area (Å²) >= 11 is 0. The summed E-state index contributed by atoms with van der Waals surface area (Å²) in [6.45, 7) is 4.07. The SMILES string of the molecule is O=C(NCc1cccnc1N1CCOCC1)c1cnn(Cc2ccccc2)c1. The third-order valence-corrected chi connectivity index (χ3v) is 4.70. The summed E-state index contributed by atoms with van der Waals surface area (Å²) in [7, 11) is 0. The number of pyridine rings is 1. The van der Waals surface area contributed by atoms with Gasteiger partial charge >= 0.3 is 0 Å². The highest BCUT2D eigenvalue weighted by atomic mass is 16.5. The molecule has 3 heterocycles. The van der Waals surface area contributed by atoms with Gasteiger partial charge in [0.15, 0.2) is 0 Å². The van der Waals surface area contributed by atoms with Crippen LogP contribution in [0.3, 0.4) is 0 Å². The number of rotatable bonds is 6. The fraction of sp³-hybridized carbons (Fsp3) is 0.286. The standard InChI is InChI=1S/C21H23N5O2/c27-21(19-14-24-26(16-19)15-17-5-2-1-3-6-17)23-13-18-7-4-8-22-20(18)25-9-11-28-12-10-25/h1-8,14,16H,9-13,15H2,(H,23,27). The molecule has 1 saturated heterocycles. The van der Waals surface area contributed by atoms with Crippen molar-refractivity contribution < 1.29 is 9.53 Å². The third-order valence-electron chi connectivity index (χ3n) is 4.70. The molecule has 0 bridgehead atoms. The van der Waals surface area contributed by atoms with E-state index in [1.54, 1.807) is 23.3 Å². The first-order valence-corrected chi connectivity index (χ1v) is 9.41. The minimum atomic E-state index is -0.143. The molecule has 1 amide bonds. The number of nitrogens with one attached hydrogen (secondary N) is 1. The van der Waals surface area contributed by atoms with Crippen molar-refractivity contribution in [2.45, 2.75) is 13.1 Å². The Hall–Kier alpha value is -3.19. The van der Waals surface area contributed by atoms with E-state index >= 15 is 0 Å². The minimum Gasteiger partial charge on any atom is -0.378 e. The first kappa shape index (κ1) is 18.2. The van der Waals surface area contributed by atoms with E-state index in [0.29, 0.717) is 31.9 Å². The highest BCUT2D eigenvalue weighted by molar-refractivity contribution is 5.93. The Bertz CT molecular complexity index is 919. The van der Waals surface area contributed by atoms with Gasteiger partial charge in [-0.2, -0.15) is 5.10 Å². The molecule has 7 nitrogen and oxygen atoms in total. The largest absolute Gasteiger partial charge is 0.378 e. The molecule has 7 heteroatoms. The first-order chi connectivity index (χ1) is 13.8. The molecule has 0 radical (unpaired) electrons. The predicted molar refractivity (Wildman–Crippen MR) is 106 cm³/mol. The van der Waals surface area contributed by atoms with E-state index in [2.05, 4.69) is 20.3 Å². The lowest BCUT2D eigenvalue weighted by atomic mass is 10.2. The van der Waals surface area contributed by atoms with Gasteiger partial charge in [0.1, 0.15) is 5.82 Å². The zero-order chi connectivity index (χ0) is 19.2. The lowest BCUT2D eigenvalue weighted by molar-refractivity contribution is 0.0950. The van der Waals surface area contributed by atoms with Crippen LogP contribution in [-0.2, 0) is 17.8 Å². The zero-order valence-corrected chi connectivity index (χ0v) is 15.6. The molecule has 0 unspecified atom stereocenters. The molecule has 2 aromatic heterocycles. The maximum Gasteiger partial charge on any atom is 0.254 e. The van der Waals surface area contributed by atoms with E-state index in [9.17, 15) is 4.79 Å². The quantitative estimate of drug-likeness (QED) is 0.712. The molecule has 28 heavy (non-hydrogen) atoms. The highest BCUT2D eigenvalue weighted by Crippen LogP contribution is 2.18. The molecule has 144 valence electrons. The average Bonchev–Trinajstić information content (AvgIpc) is 3.22. The number of anilines is 1. The third kappa shape index (κ3) is 4.37. The van der Waals surface area contributed by atoms with E-state index in [1.807, 2.05) is 42.5 Å². The lowest BCUT2D eigenvalue weighted by Crippen LogP contribution is -2.37. The Morgan fingerprint density at radius 1 is 1.11 bits per heavy atom. The Kier molecular flexibility index (Phi) is 5.63. The summed E-state index contributed by atoms with van der Waals surface area (Å²) in [4.78, 5) is 19.3. The number of nitrogens with zero attached hydrogens (tertiary/aromatic N) is 4. The van der Waals surface area contributed by atoms with Crippen molar-refractivity contribution in [1.29, 1.82) is 0 Å². The van der Waals surface area contributed by atoms with Gasteiger partial charge in [-0.3, -0.25) is 9.48 Å². The number of hydrogen-bond donors (Lipinski definition) is 1. The van der Waals surface area contributed by atoms with Gasteiger partial charge < -0.3 is 15.0 Å². The second-order valence-corrected chi connectivity index (χ2v) is 6.68. The summed E-state index contributed by atoms with van der Waals surface area (Å²) in [6, 6.07) is 13.9. The summed E-state index contributed by atoms with van der Waals surface area (Å²) in [5, 5.41) is 7.28. The van der Waals surface area contributed by atoms with Gasteiger partial charge in [0.25, 0.3) is 5.91 Å². The van der Waals surface area contributed by atoms with Crippen molar-refractivity contribution in [1.82, 2.24) is 20.1 Å². The Morgan fingerprint density at radius 2 is 1.93 bits per heavy atom. The molecule has 0 saturated carbocycles. The van der Waals surface area contributed by atoms with Crippen LogP contribution in [0.1, 0.15) is 21.5 Å². The van der Waals surface area contributed by atoms with Crippen molar-refractivity contribution in [3.05, 3.63) is 77.7 Å². The lowest BCUT2D eigenvalue weighted by Gasteiger charge is -2.29. The number of benzene rings is 1. The van der Waals surface area contributed by atoms with E-state index in [0.717, 1.165) is 30.0 Å². The minimum absolute atomic E-state index is 0.143. The van der Waals surface area contributed by atoms with Crippen LogP contribution in [0, 0.1) is 0 Å². The Balaban J connectivity index is 1.39. The van der Waals surface area contributed by atoms with Crippen LogP contribution >= 0.6 is 0 Å². The zero-order valence-electron chi connectivity index (χ0n) is 15.6. The second kappa shape index (κ2) is 8.67. The van der Waals surface area contributed by atoms with Crippen LogP contribution in [0.5, 0.6) is 0 Å². The maximum atomic E-state index is 12.6. The van der Waals surface area contributed by atoms with Crippen LogP contribution in [-0.4, -0.2) is 47.0 Å². The summed E-state index contributed by atoms with van der Waals surface area (Å²) in [6.07, 6.45) is 5.16. The number of amides is 1. The average molecular weight is 377 g/mol. The smallest absolute Gasteiger partial charge is 0.254 e. The second-order valence-electron chi connectivity index (χ2n) is 6.68. The van der Waals surface area contributed by atoms with Gasteiger partial charge in [-0.05, 0) is 11.6 Å². The molecule has 0 aliphatic carbocycles. The molecule has 0 spiro atoms. The van der Waals surface area contributed by atoms with E-state index in [1.165, 1.54) is 0 Å². The molecule has 3 aromatic rings. The predicted octanol–water partition coefficient (Wildman–Crippen LogP) is 2.09. The number of carbonyl (C=O) groups excluding carboxylic acids is 1. The summed E-state index contributed by atoms with van der Waals surface area (Å²) in [5.74, 6) is 0.766. The van der Waals surface area contributed by atoms with Crippen LogP contribution in [0.25, 0.3) is 0 Å². The van der Waals surface area contributed by atoms with E-state index in [4.69, 9.17) is 4.74 Å². The first-order valence-electron chi connectivity index (χ1n) is 9.41. The van der Waals surface area contributed by atoms with Gasteiger partial charge in [0.2, 0.25) is 0 Å². The fourth-order valence-electron chi connectivity index (χ4n) is 3.24. The fourth-order valence-corrected chi connectivity index (χ4v) is 3.24. The maximum absolute atomic E-state index is 12.6. The number of hydrogen-bond acceptors (Lipinski definition) is 5. The van der Waals surface area contributed by atoms with Gasteiger partial charge in [-0.15, -0.1) is 0 Å². The van der Waals surface area contributed by atoms with Crippen molar-refractivity contribution in [3.8, 4) is 0 Å². The summed E-state index contributed by atoms with van der Waals surface area (Å²) < 4.78 is 7.18.